The van der Waals surface area contributed by atoms with Gasteiger partial charge in [0.15, 0.2) is 0 Å². The molecule has 0 aliphatic carbocycles. The molecule has 16 heavy (non-hydrogen) atoms. The van der Waals surface area contributed by atoms with Crippen LogP contribution < -0.4 is 10.9 Å². The molecule has 90 valence electrons. The summed E-state index contributed by atoms with van der Waals surface area (Å²) in [5.41, 5.74) is -0.0998. The van der Waals surface area contributed by atoms with Crippen molar-refractivity contribution in [3.05, 3.63) is 22.2 Å². The van der Waals surface area contributed by atoms with Crippen LogP contribution in [-0.2, 0) is 0 Å². The average Bonchev–Trinajstić information content (AvgIpc) is 2.15. The van der Waals surface area contributed by atoms with Crippen molar-refractivity contribution in [2.75, 3.05) is 11.9 Å². The molecule has 4 nitrogen and oxygen atoms in total. The molecule has 0 radical (unpaired) electrons. The second kappa shape index (κ2) is 6.30. The Morgan fingerprint density at radius 2 is 2.19 bits per heavy atom. The van der Waals surface area contributed by atoms with Gasteiger partial charge in [0.1, 0.15) is 11.6 Å². The van der Waals surface area contributed by atoms with E-state index >= 15 is 0 Å². The Bertz CT molecular complexity index is 371. The molecule has 0 saturated heterocycles. The molecule has 2 N–H and O–H groups in total. The number of rotatable bonds is 6. The Morgan fingerprint density at radius 1 is 1.44 bits per heavy atom. The molecule has 0 bridgehead atoms. The van der Waals surface area contributed by atoms with E-state index in [9.17, 15) is 4.79 Å². The summed E-state index contributed by atoms with van der Waals surface area (Å²) in [5, 5.41) is 3.17. The second-order valence-corrected chi connectivity index (χ2v) is 4.53. The first-order valence-corrected chi connectivity index (χ1v) is 5.90. The summed E-state index contributed by atoms with van der Waals surface area (Å²) >= 11 is 0. The van der Waals surface area contributed by atoms with Gasteiger partial charge in [-0.3, -0.25) is 4.79 Å². The zero-order chi connectivity index (χ0) is 12.0. The zero-order valence-corrected chi connectivity index (χ0v) is 10.3. The molecule has 0 atom stereocenters. The van der Waals surface area contributed by atoms with E-state index in [0.29, 0.717) is 11.6 Å². The Hall–Kier alpha value is -1.32. The molecule has 0 spiro atoms. The first-order chi connectivity index (χ1) is 7.58. The SMILES string of the molecule is Cc1nc(NCCCCC(C)C)cc(=O)[nH]1. The van der Waals surface area contributed by atoms with Gasteiger partial charge in [0.25, 0.3) is 5.56 Å². The number of hydrogen-bond donors (Lipinski definition) is 2. The van der Waals surface area contributed by atoms with E-state index in [-0.39, 0.29) is 5.56 Å². The van der Waals surface area contributed by atoms with Gasteiger partial charge in [0, 0.05) is 12.6 Å². The van der Waals surface area contributed by atoms with Crippen LogP contribution in [0.1, 0.15) is 38.9 Å². The van der Waals surface area contributed by atoms with Gasteiger partial charge in [0.05, 0.1) is 0 Å². The Morgan fingerprint density at radius 3 is 2.81 bits per heavy atom. The van der Waals surface area contributed by atoms with Crippen LogP contribution >= 0.6 is 0 Å². The van der Waals surface area contributed by atoms with Crippen molar-refractivity contribution >= 4 is 5.82 Å². The van der Waals surface area contributed by atoms with Gasteiger partial charge in [-0.05, 0) is 19.3 Å². The van der Waals surface area contributed by atoms with Gasteiger partial charge in [-0.1, -0.05) is 26.7 Å². The van der Waals surface area contributed by atoms with E-state index in [1.165, 1.54) is 18.9 Å². The van der Waals surface area contributed by atoms with E-state index in [0.717, 1.165) is 18.9 Å². The third kappa shape index (κ3) is 4.96. The standard InChI is InChI=1S/C12H21N3O/c1-9(2)6-4-5-7-13-11-8-12(16)15-10(3)14-11/h8-9H,4-7H2,1-3H3,(H2,13,14,15,16). The van der Waals surface area contributed by atoms with Gasteiger partial charge < -0.3 is 10.3 Å². The normalized spacial score (nSPS) is 10.8. The minimum atomic E-state index is -0.0998. The van der Waals surface area contributed by atoms with Crippen molar-refractivity contribution in [1.29, 1.82) is 0 Å². The molecule has 0 fully saturated rings. The first kappa shape index (κ1) is 12.7. The fraction of sp³-hybridized carbons (Fsp3) is 0.667. The lowest BCUT2D eigenvalue weighted by Gasteiger charge is -2.06. The van der Waals surface area contributed by atoms with Crippen LogP contribution in [0.25, 0.3) is 0 Å². The molecule has 1 aromatic heterocycles. The molecule has 1 rings (SSSR count). The van der Waals surface area contributed by atoms with Gasteiger partial charge in [-0.15, -0.1) is 0 Å². The van der Waals surface area contributed by atoms with Crippen LogP contribution in [0.3, 0.4) is 0 Å². The van der Waals surface area contributed by atoms with Gasteiger partial charge >= 0.3 is 0 Å². The Kier molecular flexibility index (Phi) is 5.02. The number of hydrogen-bond acceptors (Lipinski definition) is 3. The van der Waals surface area contributed by atoms with E-state index in [1.807, 2.05) is 0 Å². The fourth-order valence-electron chi connectivity index (χ4n) is 1.56. The third-order valence-corrected chi connectivity index (χ3v) is 2.37. The number of aromatic amines is 1. The van der Waals surface area contributed by atoms with Gasteiger partial charge in [-0.25, -0.2) is 4.98 Å². The number of aryl methyl sites for hydroxylation is 1. The van der Waals surface area contributed by atoms with E-state index < -0.39 is 0 Å². The molecular formula is C12H21N3O. The van der Waals surface area contributed by atoms with Crippen LogP contribution in [0, 0.1) is 12.8 Å². The zero-order valence-electron chi connectivity index (χ0n) is 10.3. The molecule has 1 aromatic rings. The van der Waals surface area contributed by atoms with Crippen LogP contribution in [0.5, 0.6) is 0 Å². The highest BCUT2D eigenvalue weighted by molar-refractivity contribution is 5.32. The predicted octanol–water partition coefficient (Wildman–Crippen LogP) is 2.32. The third-order valence-electron chi connectivity index (χ3n) is 2.37. The molecule has 0 aliphatic rings. The number of H-pyrrole nitrogens is 1. The minimum Gasteiger partial charge on any atom is -0.370 e. The summed E-state index contributed by atoms with van der Waals surface area (Å²) in [6.07, 6.45) is 3.59. The second-order valence-electron chi connectivity index (χ2n) is 4.53. The molecule has 1 heterocycles. The highest BCUT2D eigenvalue weighted by Gasteiger charge is 1.97. The number of nitrogens with zero attached hydrogens (tertiary/aromatic N) is 1. The summed E-state index contributed by atoms with van der Waals surface area (Å²) in [5.74, 6) is 2.09. The number of nitrogens with one attached hydrogen (secondary N) is 2. The molecule has 0 amide bonds. The van der Waals surface area contributed by atoms with Crippen LogP contribution in [0.4, 0.5) is 5.82 Å². The lowest BCUT2D eigenvalue weighted by molar-refractivity contribution is 0.544. The maximum Gasteiger partial charge on any atom is 0.252 e. The monoisotopic (exact) mass is 223 g/mol. The molecular weight excluding hydrogens is 202 g/mol. The summed E-state index contributed by atoms with van der Waals surface area (Å²) in [6.45, 7) is 7.12. The van der Waals surface area contributed by atoms with E-state index in [1.54, 1.807) is 6.92 Å². The van der Waals surface area contributed by atoms with Crippen molar-refractivity contribution < 1.29 is 0 Å². The lowest BCUT2D eigenvalue weighted by Crippen LogP contribution is -2.12. The fourth-order valence-corrected chi connectivity index (χ4v) is 1.56. The van der Waals surface area contributed by atoms with Crippen molar-refractivity contribution in [3.63, 3.8) is 0 Å². The van der Waals surface area contributed by atoms with E-state index in [2.05, 4.69) is 29.1 Å². The summed E-state index contributed by atoms with van der Waals surface area (Å²) < 4.78 is 0. The number of aromatic nitrogens is 2. The summed E-state index contributed by atoms with van der Waals surface area (Å²) in [6, 6.07) is 1.50. The lowest BCUT2D eigenvalue weighted by atomic mass is 10.1. The quantitative estimate of drug-likeness (QED) is 0.728. The maximum absolute atomic E-state index is 11.2. The summed E-state index contributed by atoms with van der Waals surface area (Å²) in [4.78, 5) is 18.0. The van der Waals surface area contributed by atoms with Gasteiger partial charge in [0.2, 0.25) is 0 Å². The molecule has 0 aliphatic heterocycles. The van der Waals surface area contributed by atoms with Crippen LogP contribution in [0.2, 0.25) is 0 Å². The Balaban J connectivity index is 2.29. The minimum absolute atomic E-state index is 0.0998. The topological polar surface area (TPSA) is 57.8 Å². The van der Waals surface area contributed by atoms with Crippen molar-refractivity contribution in [2.45, 2.75) is 40.0 Å². The number of anilines is 1. The van der Waals surface area contributed by atoms with Crippen LogP contribution in [-0.4, -0.2) is 16.5 Å². The highest BCUT2D eigenvalue weighted by Crippen LogP contribution is 2.06. The van der Waals surface area contributed by atoms with Gasteiger partial charge in [-0.2, -0.15) is 0 Å². The highest BCUT2D eigenvalue weighted by atomic mass is 16.1. The molecule has 4 heteroatoms. The molecule has 0 unspecified atom stereocenters. The number of unbranched alkanes of at least 4 members (excludes halogenated alkanes) is 1. The first-order valence-electron chi connectivity index (χ1n) is 5.90. The molecule has 0 aromatic carbocycles. The molecule has 0 saturated carbocycles. The average molecular weight is 223 g/mol. The van der Waals surface area contributed by atoms with Crippen LogP contribution in [0.15, 0.2) is 10.9 Å². The summed E-state index contributed by atoms with van der Waals surface area (Å²) in [7, 11) is 0. The van der Waals surface area contributed by atoms with E-state index in [4.69, 9.17) is 0 Å². The Labute approximate surface area is 96.5 Å². The maximum atomic E-state index is 11.2. The smallest absolute Gasteiger partial charge is 0.252 e. The van der Waals surface area contributed by atoms with Crippen molar-refractivity contribution in [1.82, 2.24) is 9.97 Å². The largest absolute Gasteiger partial charge is 0.370 e. The predicted molar refractivity (Wildman–Crippen MR) is 66.8 cm³/mol. The van der Waals surface area contributed by atoms with Crippen molar-refractivity contribution in [2.24, 2.45) is 5.92 Å². The van der Waals surface area contributed by atoms with Crippen molar-refractivity contribution in [3.8, 4) is 0 Å².